The second-order valence-electron chi connectivity index (χ2n) is 6.02. The minimum absolute atomic E-state index is 0. The molecule has 0 aromatic carbocycles. The number of aliphatic hydroxyl groups is 2. The van der Waals surface area contributed by atoms with Crippen LogP contribution in [0.15, 0.2) is 12.7 Å². The summed E-state index contributed by atoms with van der Waals surface area (Å²) in [6.07, 6.45) is -3.61. The molecule has 35 heavy (non-hydrogen) atoms. The Morgan fingerprint density at radius 2 is 1.66 bits per heavy atom. The summed E-state index contributed by atoms with van der Waals surface area (Å²) in [7, 11) is -12.0. The zero-order chi connectivity index (χ0) is 23.2. The topological polar surface area (TPSA) is 267 Å². The molecule has 171 valence electrons. The minimum atomic E-state index is -6.05. The first-order chi connectivity index (χ1) is 14.2. The molecule has 3 heterocycles. The van der Waals surface area contributed by atoms with Crippen molar-refractivity contribution in [2.24, 2.45) is 0 Å². The number of nitrogens with zero attached hydrogens (tertiary/aromatic N) is 4. The third-order valence-corrected chi connectivity index (χ3v) is 7.65. The van der Waals surface area contributed by atoms with Gasteiger partial charge in [-0.15, -0.1) is 0 Å². The molecular formula is C10H12BN5Na4O12P3. The van der Waals surface area contributed by atoms with Gasteiger partial charge in [0.2, 0.25) is 0 Å². The van der Waals surface area contributed by atoms with Gasteiger partial charge in [-0.25, -0.2) is 15.0 Å². The Hall–Kier alpha value is 2.74. The maximum atomic E-state index is 11.9. The van der Waals surface area contributed by atoms with Gasteiger partial charge in [-0.2, -0.15) is 0 Å². The number of hydrogen-bond donors (Lipinski definition) is 3. The number of aromatic nitrogens is 4. The van der Waals surface area contributed by atoms with E-state index in [0.717, 1.165) is 6.33 Å². The van der Waals surface area contributed by atoms with Crippen LogP contribution in [0.3, 0.4) is 0 Å². The Labute approximate surface area is 287 Å². The first-order valence-corrected chi connectivity index (χ1v) is 12.5. The number of ether oxygens (including phenoxy) is 1. The van der Waals surface area contributed by atoms with E-state index in [1.807, 2.05) is 0 Å². The monoisotopic (exact) mass is 590 g/mol. The van der Waals surface area contributed by atoms with Crippen molar-refractivity contribution < 1.29 is 175 Å². The number of rotatable bonds is 8. The Kier molecular flexibility index (Phi) is 17.9. The van der Waals surface area contributed by atoms with Gasteiger partial charge < -0.3 is 56.6 Å². The number of aliphatic hydroxyl groups excluding tert-OH is 2. The van der Waals surface area contributed by atoms with Crippen LogP contribution in [-0.2, 0) is 31.6 Å². The van der Waals surface area contributed by atoms with E-state index in [1.165, 1.54) is 10.9 Å². The van der Waals surface area contributed by atoms with Crippen molar-refractivity contribution in [3.8, 4) is 0 Å². The van der Waals surface area contributed by atoms with Crippen molar-refractivity contribution >= 4 is 47.7 Å². The number of nitrogen functional groups attached to an aromatic ring is 1. The van der Waals surface area contributed by atoms with Crippen LogP contribution in [0.4, 0.5) is 5.82 Å². The van der Waals surface area contributed by atoms with Gasteiger partial charge in [-0.3, -0.25) is 17.8 Å². The van der Waals surface area contributed by atoms with Gasteiger partial charge in [0, 0.05) is 0 Å². The third-order valence-electron chi connectivity index (χ3n) is 3.83. The van der Waals surface area contributed by atoms with Crippen molar-refractivity contribution in [1.82, 2.24) is 19.5 Å². The smallest absolute Gasteiger partial charge is 0.790 e. The summed E-state index contributed by atoms with van der Waals surface area (Å²) in [6.45, 7) is -0.890. The first kappa shape index (κ1) is 39.9. The second kappa shape index (κ2) is 15.7. The Bertz CT molecular complexity index is 1130. The number of nitrogens with two attached hydrogens (primary N) is 1. The van der Waals surface area contributed by atoms with Gasteiger partial charge in [-0.05, 0) is 0 Å². The van der Waals surface area contributed by atoms with Crippen LogP contribution in [-0.4, -0.2) is 62.2 Å². The van der Waals surface area contributed by atoms with E-state index >= 15 is 0 Å². The second-order valence-corrected chi connectivity index (χ2v) is 10.5. The van der Waals surface area contributed by atoms with E-state index in [1.54, 1.807) is 0 Å². The molecule has 17 nitrogen and oxygen atoms in total. The number of imidazole rings is 1. The molecule has 0 bridgehead atoms. The van der Waals surface area contributed by atoms with Crippen molar-refractivity contribution in [2.75, 3.05) is 12.3 Å². The molecule has 3 radical (unpaired) electrons. The quantitative estimate of drug-likeness (QED) is 0.190. The van der Waals surface area contributed by atoms with Gasteiger partial charge in [0.1, 0.15) is 30.2 Å². The van der Waals surface area contributed by atoms with E-state index in [2.05, 4.69) is 28.1 Å². The fourth-order valence-corrected chi connectivity index (χ4v) is 5.66. The van der Waals surface area contributed by atoms with Crippen molar-refractivity contribution in [3.63, 3.8) is 0 Å². The van der Waals surface area contributed by atoms with Gasteiger partial charge in [-0.1, -0.05) is 0 Å². The van der Waals surface area contributed by atoms with Crippen molar-refractivity contribution in [2.45, 2.75) is 24.5 Å². The average Bonchev–Trinajstić information content (AvgIpc) is 3.13. The van der Waals surface area contributed by atoms with E-state index in [-0.39, 0.29) is 135 Å². The predicted molar refractivity (Wildman–Crippen MR) is 92.4 cm³/mol. The van der Waals surface area contributed by atoms with E-state index < -0.39 is 54.3 Å². The van der Waals surface area contributed by atoms with Crippen LogP contribution >= 0.6 is 23.1 Å². The molecule has 0 aliphatic carbocycles. The Balaban J connectivity index is 0. The standard InChI is InChI=1S/C10H15BN5O12P3.4Na/c11-29(19,27-31(23,24)28-30(20,21)22)25-1-4-6(17)7(18)10(26-4)16-3-15-5-8(12)13-2-14-9(5)16;;;;/h2-4,6-7,10,17-18H,1H2,(H,23,24)(H2,12,13,14)(H2,20,21,22);;;;/q-1;4*+1/p-3/t4-,6-,7-,10-,29?;;;;/m1..../s1. The van der Waals surface area contributed by atoms with Crippen LogP contribution in [0.2, 0.25) is 0 Å². The van der Waals surface area contributed by atoms with Gasteiger partial charge >= 0.3 is 118 Å². The zero-order valence-electron chi connectivity index (χ0n) is 18.9. The van der Waals surface area contributed by atoms with Crippen LogP contribution in [0, 0.1) is 0 Å². The molecule has 0 saturated carbocycles. The molecule has 2 unspecified atom stereocenters. The molecule has 1 aliphatic heterocycles. The fourth-order valence-electron chi connectivity index (χ4n) is 2.63. The molecule has 2 aromatic rings. The predicted octanol–water partition coefficient (Wildman–Crippen LogP) is -15.3. The van der Waals surface area contributed by atoms with Crippen molar-refractivity contribution in [1.29, 1.82) is 0 Å². The van der Waals surface area contributed by atoms with Crippen LogP contribution in [0.5, 0.6) is 0 Å². The van der Waals surface area contributed by atoms with E-state index in [9.17, 15) is 38.6 Å². The van der Waals surface area contributed by atoms with Crippen LogP contribution < -0.4 is 139 Å². The summed E-state index contributed by atoms with van der Waals surface area (Å²) >= 11 is 0. The maximum Gasteiger partial charge on any atom is 1.00 e. The first-order valence-electron chi connectivity index (χ1n) is 7.93. The summed E-state index contributed by atoms with van der Waals surface area (Å²) in [4.78, 5) is 43.7. The summed E-state index contributed by atoms with van der Waals surface area (Å²) < 4.78 is 51.6. The Morgan fingerprint density at radius 3 is 2.23 bits per heavy atom. The van der Waals surface area contributed by atoms with Crippen molar-refractivity contribution in [3.05, 3.63) is 12.7 Å². The molecule has 25 heteroatoms. The molecule has 3 rings (SSSR count). The molecule has 6 atom stereocenters. The summed E-state index contributed by atoms with van der Waals surface area (Å²) in [5.74, 6) is 0.0443. The summed E-state index contributed by atoms with van der Waals surface area (Å²) in [6, 6.07) is 0. The summed E-state index contributed by atoms with van der Waals surface area (Å²) in [5, 5.41) is 20.4. The van der Waals surface area contributed by atoms with Gasteiger partial charge in [0.15, 0.2) is 17.7 Å². The molecule has 0 amide bonds. The molecule has 1 fully saturated rings. The maximum absolute atomic E-state index is 11.9. The summed E-state index contributed by atoms with van der Waals surface area (Å²) in [5.41, 5.74) is 6.01. The number of fused-ring (bicyclic) bond motifs is 1. The van der Waals surface area contributed by atoms with Crippen LogP contribution in [0.25, 0.3) is 11.2 Å². The minimum Gasteiger partial charge on any atom is -0.790 e. The van der Waals surface area contributed by atoms with E-state index in [0.29, 0.717) is 0 Å². The third kappa shape index (κ3) is 10.9. The number of hydrogen-bond acceptors (Lipinski definition) is 16. The van der Waals surface area contributed by atoms with Gasteiger partial charge in [0.25, 0.3) is 7.82 Å². The molecule has 1 saturated heterocycles. The zero-order valence-corrected chi connectivity index (χ0v) is 29.6. The normalized spacial score (nSPS) is 25.2. The molecule has 1 aliphatic rings. The average molecular weight is 590 g/mol. The molecule has 0 spiro atoms. The Morgan fingerprint density at radius 1 is 1.06 bits per heavy atom. The molecular weight excluding hydrogens is 578 g/mol. The molecule has 2 aromatic heterocycles. The number of anilines is 1. The largest absolute Gasteiger partial charge is 1.00 e. The molecule has 4 N–H and O–H groups in total. The van der Waals surface area contributed by atoms with Crippen LogP contribution in [0.1, 0.15) is 6.23 Å². The number of phosphoric acid groups is 2. The van der Waals surface area contributed by atoms with Gasteiger partial charge in [0.05, 0.1) is 28.2 Å². The van der Waals surface area contributed by atoms with E-state index in [4.69, 9.17) is 18.0 Å². The fraction of sp³-hybridized carbons (Fsp3) is 0.500. The SMILES string of the molecule is [B-]P(=O)(OC[C@H]1O[C@@H](n2cnc3c(N)ncnc32)[C@H](O)[C@@H]1O)OP(=O)([O-])OP(=O)([O-])[O-].[Na+].[Na+].[Na+].[Na+].